The van der Waals surface area contributed by atoms with Crippen molar-refractivity contribution in [1.29, 1.82) is 0 Å². The summed E-state index contributed by atoms with van der Waals surface area (Å²) in [4.78, 5) is 26.3. The monoisotopic (exact) mass is 296 g/mol. The van der Waals surface area contributed by atoms with Crippen LogP contribution < -0.4 is 4.90 Å². The minimum Gasteiger partial charge on any atom is -0.479 e. The third-order valence-electron chi connectivity index (χ3n) is 3.28. The van der Waals surface area contributed by atoms with Crippen molar-refractivity contribution in [3.8, 4) is 0 Å². The molecule has 1 unspecified atom stereocenters. The molecule has 2 rings (SSSR count). The normalized spacial score (nSPS) is 18.4. The van der Waals surface area contributed by atoms with Crippen LogP contribution in [0.1, 0.15) is 6.92 Å². The number of carbonyl (C=O) groups is 2. The van der Waals surface area contributed by atoms with Crippen LogP contribution in [-0.2, 0) is 9.53 Å². The Balaban J connectivity index is 2.14. The Morgan fingerprint density at radius 1 is 1.52 bits per heavy atom. The van der Waals surface area contributed by atoms with E-state index in [-0.39, 0.29) is 19.2 Å². The van der Waals surface area contributed by atoms with Crippen LogP contribution in [-0.4, -0.2) is 54.4 Å². The van der Waals surface area contributed by atoms with Crippen molar-refractivity contribution in [2.75, 3.05) is 31.1 Å². The lowest BCUT2D eigenvalue weighted by atomic mass is 10.2. The Kier molecular flexibility index (Phi) is 4.74. The van der Waals surface area contributed by atoms with Crippen LogP contribution in [0.5, 0.6) is 0 Å². The Bertz CT molecular complexity index is 537. The second-order valence-corrected chi connectivity index (χ2v) is 4.65. The summed E-state index contributed by atoms with van der Waals surface area (Å²) in [7, 11) is 0. The van der Waals surface area contributed by atoms with Gasteiger partial charge >= 0.3 is 12.0 Å². The lowest BCUT2D eigenvalue weighted by Gasteiger charge is -2.34. The molecule has 21 heavy (non-hydrogen) atoms. The van der Waals surface area contributed by atoms with Gasteiger partial charge in [-0.3, -0.25) is 4.90 Å². The summed E-state index contributed by atoms with van der Waals surface area (Å²) < 4.78 is 18.4. The summed E-state index contributed by atoms with van der Waals surface area (Å²) >= 11 is 0. The molecule has 0 saturated carbocycles. The summed E-state index contributed by atoms with van der Waals surface area (Å²) in [6, 6.07) is 5.39. The van der Waals surface area contributed by atoms with Crippen molar-refractivity contribution >= 4 is 17.7 Å². The maximum Gasteiger partial charge on any atom is 0.334 e. The van der Waals surface area contributed by atoms with E-state index in [9.17, 15) is 14.0 Å². The predicted octanol–water partition coefficient (Wildman–Crippen LogP) is 1.56. The second-order valence-electron chi connectivity index (χ2n) is 4.65. The van der Waals surface area contributed by atoms with E-state index in [1.807, 2.05) is 0 Å². The van der Waals surface area contributed by atoms with Gasteiger partial charge in [-0.25, -0.2) is 14.0 Å². The molecule has 1 aliphatic heterocycles. The molecular weight excluding hydrogens is 279 g/mol. The first kappa shape index (κ1) is 15.2. The third kappa shape index (κ3) is 3.49. The Hall–Kier alpha value is -2.15. The number of morpholine rings is 1. The molecule has 0 aliphatic carbocycles. The van der Waals surface area contributed by atoms with Crippen molar-refractivity contribution in [3.05, 3.63) is 30.1 Å². The van der Waals surface area contributed by atoms with Crippen LogP contribution >= 0.6 is 0 Å². The number of urea groups is 1. The number of amides is 2. The lowest BCUT2D eigenvalue weighted by Crippen LogP contribution is -2.53. The average molecular weight is 296 g/mol. The molecular formula is C14H17FN2O4. The van der Waals surface area contributed by atoms with Gasteiger partial charge in [-0.2, -0.15) is 0 Å². The van der Waals surface area contributed by atoms with Crippen LogP contribution in [0, 0.1) is 5.82 Å². The first-order chi connectivity index (χ1) is 10.0. The van der Waals surface area contributed by atoms with Gasteiger partial charge < -0.3 is 14.7 Å². The maximum absolute atomic E-state index is 13.3. The summed E-state index contributed by atoms with van der Waals surface area (Å²) in [5.74, 6) is -1.52. The molecule has 1 aliphatic rings. The topological polar surface area (TPSA) is 70.1 Å². The maximum atomic E-state index is 13.3. The highest BCUT2D eigenvalue weighted by Crippen LogP contribution is 2.18. The Morgan fingerprint density at radius 2 is 2.29 bits per heavy atom. The van der Waals surface area contributed by atoms with E-state index in [1.165, 1.54) is 28.0 Å². The summed E-state index contributed by atoms with van der Waals surface area (Å²) in [5, 5.41) is 8.96. The zero-order valence-corrected chi connectivity index (χ0v) is 11.7. The van der Waals surface area contributed by atoms with Gasteiger partial charge in [0.2, 0.25) is 0 Å². The van der Waals surface area contributed by atoms with Gasteiger partial charge in [-0.05, 0) is 25.1 Å². The largest absolute Gasteiger partial charge is 0.479 e. The fourth-order valence-corrected chi connectivity index (χ4v) is 2.22. The molecule has 114 valence electrons. The van der Waals surface area contributed by atoms with Gasteiger partial charge in [0.1, 0.15) is 5.82 Å². The molecule has 0 bridgehead atoms. The molecule has 1 fully saturated rings. The number of halogens is 1. The van der Waals surface area contributed by atoms with Crippen molar-refractivity contribution in [2.45, 2.75) is 13.0 Å². The van der Waals surface area contributed by atoms with Crippen molar-refractivity contribution < 1.29 is 23.8 Å². The highest BCUT2D eigenvalue weighted by atomic mass is 19.1. The fourth-order valence-electron chi connectivity index (χ4n) is 2.22. The first-order valence-corrected chi connectivity index (χ1v) is 6.69. The molecule has 1 N–H and O–H groups in total. The highest BCUT2D eigenvalue weighted by Gasteiger charge is 2.31. The number of aliphatic carboxylic acids is 1. The van der Waals surface area contributed by atoms with E-state index >= 15 is 0 Å². The second kappa shape index (κ2) is 6.53. The molecule has 0 spiro atoms. The van der Waals surface area contributed by atoms with Gasteiger partial charge in [-0.15, -0.1) is 0 Å². The number of hydrogen-bond donors (Lipinski definition) is 1. The predicted molar refractivity (Wildman–Crippen MR) is 73.8 cm³/mol. The molecule has 1 saturated heterocycles. The molecule has 1 atom stereocenters. The zero-order valence-electron chi connectivity index (χ0n) is 11.7. The molecule has 7 heteroatoms. The van der Waals surface area contributed by atoms with Crippen molar-refractivity contribution in [2.24, 2.45) is 0 Å². The van der Waals surface area contributed by atoms with Crippen LogP contribution in [0.25, 0.3) is 0 Å². The zero-order chi connectivity index (χ0) is 15.4. The first-order valence-electron chi connectivity index (χ1n) is 6.69. The van der Waals surface area contributed by atoms with E-state index in [2.05, 4.69) is 0 Å². The standard InChI is InChI=1S/C14H17FN2O4/c1-2-17(11-5-3-4-10(15)8-11)14(20)16-6-7-21-12(9-16)13(18)19/h3-5,8,12H,2,6-7,9H2,1H3,(H,18,19). The smallest absolute Gasteiger partial charge is 0.334 e. The number of nitrogens with zero attached hydrogens (tertiary/aromatic N) is 2. The number of ether oxygens (including phenoxy) is 1. The highest BCUT2D eigenvalue weighted by molar-refractivity contribution is 5.92. The van der Waals surface area contributed by atoms with E-state index in [1.54, 1.807) is 13.0 Å². The summed E-state index contributed by atoms with van der Waals surface area (Å²) in [6.07, 6.45) is -1.02. The van der Waals surface area contributed by atoms with Crippen LogP contribution in [0.2, 0.25) is 0 Å². The third-order valence-corrected chi connectivity index (χ3v) is 3.28. The van der Waals surface area contributed by atoms with Gasteiger partial charge in [0.15, 0.2) is 6.10 Å². The number of carbonyl (C=O) groups excluding carboxylic acids is 1. The minimum atomic E-state index is -1.10. The van der Waals surface area contributed by atoms with E-state index < -0.39 is 17.9 Å². The number of benzene rings is 1. The number of carboxylic acids is 1. The quantitative estimate of drug-likeness (QED) is 0.919. The fraction of sp³-hybridized carbons (Fsp3) is 0.429. The Labute approximate surface area is 121 Å². The number of hydrogen-bond acceptors (Lipinski definition) is 3. The molecule has 6 nitrogen and oxygen atoms in total. The SMILES string of the molecule is CCN(C(=O)N1CCOC(C(=O)O)C1)c1cccc(F)c1. The molecule has 2 amide bonds. The van der Waals surface area contributed by atoms with E-state index in [0.29, 0.717) is 18.8 Å². The van der Waals surface area contributed by atoms with Gasteiger partial charge in [0, 0.05) is 18.8 Å². The number of carboxylic acid groups (broad SMARTS) is 1. The van der Waals surface area contributed by atoms with Gasteiger partial charge in [0.25, 0.3) is 0 Å². The van der Waals surface area contributed by atoms with Crippen LogP contribution in [0.4, 0.5) is 14.9 Å². The number of rotatable bonds is 3. The van der Waals surface area contributed by atoms with Crippen LogP contribution in [0.3, 0.4) is 0 Å². The summed E-state index contributed by atoms with van der Waals surface area (Å²) in [6.45, 7) is 2.60. The van der Waals surface area contributed by atoms with Gasteiger partial charge in [-0.1, -0.05) is 6.07 Å². The van der Waals surface area contributed by atoms with Crippen molar-refractivity contribution in [3.63, 3.8) is 0 Å². The summed E-state index contributed by atoms with van der Waals surface area (Å²) in [5.41, 5.74) is 0.445. The van der Waals surface area contributed by atoms with Crippen LogP contribution in [0.15, 0.2) is 24.3 Å². The minimum absolute atomic E-state index is 0.0139. The number of anilines is 1. The van der Waals surface area contributed by atoms with E-state index in [4.69, 9.17) is 9.84 Å². The lowest BCUT2D eigenvalue weighted by molar-refractivity contribution is -0.154. The molecule has 1 aromatic carbocycles. The van der Waals surface area contributed by atoms with Gasteiger partial charge in [0.05, 0.1) is 13.2 Å². The van der Waals surface area contributed by atoms with E-state index in [0.717, 1.165) is 0 Å². The molecule has 1 heterocycles. The molecule has 1 aromatic rings. The molecule has 0 aromatic heterocycles. The Morgan fingerprint density at radius 3 is 2.90 bits per heavy atom. The molecule has 0 radical (unpaired) electrons. The van der Waals surface area contributed by atoms with Crippen molar-refractivity contribution in [1.82, 2.24) is 4.90 Å². The average Bonchev–Trinajstić information content (AvgIpc) is 2.48.